The van der Waals surface area contributed by atoms with Gasteiger partial charge in [0.1, 0.15) is 18.0 Å². The molecule has 4 rings (SSSR count). The average Bonchev–Trinajstić information content (AvgIpc) is 3.03. The number of carbonyl (C=O) groups is 2. The van der Waals surface area contributed by atoms with E-state index in [4.69, 9.17) is 15.0 Å². The van der Waals surface area contributed by atoms with Gasteiger partial charge in [0.15, 0.2) is 0 Å². The normalized spacial score (nSPS) is 26.8. The maximum Gasteiger partial charge on any atom is 0.414 e. The van der Waals surface area contributed by atoms with Crippen LogP contribution in [-0.2, 0) is 9.47 Å². The molecule has 1 aliphatic carbocycles. The summed E-state index contributed by atoms with van der Waals surface area (Å²) in [6.45, 7) is 6.84. The first-order valence-electron chi connectivity index (χ1n) is 10.2. The molecule has 1 N–H and O–H groups in total. The van der Waals surface area contributed by atoms with Crippen molar-refractivity contribution >= 4 is 23.6 Å². The number of halogens is 1. The lowest BCUT2D eigenvalue weighted by atomic mass is 10.2. The van der Waals surface area contributed by atoms with Gasteiger partial charge in [0.05, 0.1) is 24.0 Å². The third-order valence-corrected chi connectivity index (χ3v) is 5.74. The van der Waals surface area contributed by atoms with E-state index < -0.39 is 29.6 Å². The molecule has 0 aromatic heterocycles. The van der Waals surface area contributed by atoms with Crippen molar-refractivity contribution in [3.63, 3.8) is 0 Å². The van der Waals surface area contributed by atoms with Gasteiger partial charge < -0.3 is 19.7 Å². The van der Waals surface area contributed by atoms with Gasteiger partial charge >= 0.3 is 12.2 Å². The Labute approximate surface area is 178 Å². The molecule has 0 bridgehead atoms. The van der Waals surface area contributed by atoms with Gasteiger partial charge in [0.2, 0.25) is 0 Å². The van der Waals surface area contributed by atoms with E-state index in [9.17, 15) is 14.0 Å². The first-order chi connectivity index (χ1) is 14.7. The average molecular weight is 432 g/mol. The number of nitrogens with one attached hydrogen (secondary N) is 1. The van der Waals surface area contributed by atoms with Gasteiger partial charge in [-0.3, -0.25) is 4.90 Å². The van der Waals surface area contributed by atoms with Gasteiger partial charge in [-0.25, -0.2) is 14.0 Å². The number of hydrogen-bond donors (Lipinski definition) is 1. The molecule has 3 fully saturated rings. The van der Waals surface area contributed by atoms with Crippen LogP contribution in [0.5, 0.6) is 0 Å². The number of anilines is 2. The third kappa shape index (κ3) is 4.32. The Balaban J connectivity index is 1.38. The van der Waals surface area contributed by atoms with E-state index in [1.54, 1.807) is 12.1 Å². The summed E-state index contributed by atoms with van der Waals surface area (Å²) in [5.74, 6) is 0.0689. The molecule has 1 aromatic rings. The van der Waals surface area contributed by atoms with Gasteiger partial charge in [-0.15, -0.1) is 0 Å². The highest BCUT2D eigenvalue weighted by Gasteiger charge is 2.57. The Bertz CT molecular complexity index is 932. The van der Waals surface area contributed by atoms with E-state index in [0.29, 0.717) is 24.5 Å². The van der Waals surface area contributed by atoms with Gasteiger partial charge in [-0.2, -0.15) is 0 Å². The Hall–Kier alpha value is -3.20. The Kier molecular flexibility index (Phi) is 5.30. The van der Waals surface area contributed by atoms with Crippen LogP contribution in [0.4, 0.5) is 25.4 Å². The number of carbonyl (C=O) groups excluding carboxylic acids is 2. The minimum atomic E-state index is -0.594. The summed E-state index contributed by atoms with van der Waals surface area (Å²) in [5, 5.41) is 6.39. The number of azide groups is 1. The summed E-state index contributed by atoms with van der Waals surface area (Å²) in [4.78, 5) is 30.0. The molecule has 166 valence electrons. The number of amides is 2. The summed E-state index contributed by atoms with van der Waals surface area (Å²) in [5.41, 5.74) is 8.77. The van der Waals surface area contributed by atoms with Crippen LogP contribution < -0.4 is 15.1 Å². The van der Waals surface area contributed by atoms with E-state index in [2.05, 4.69) is 15.3 Å². The standard InChI is InChI=1S/C20H25FN6O4/c1-20(2,3)31-18(28)24-17-13-8-26(9-14(13)17)16-5-4-11(6-15(16)21)27-12(7-23-25-22)10-30-19(27)29/h4-6,12-14,17H,7-10H2,1-3H3,(H,24,28)/t12-,13-,14+,17?/m1/s1. The van der Waals surface area contributed by atoms with Crippen LogP contribution in [0, 0.1) is 17.7 Å². The van der Waals surface area contributed by atoms with Gasteiger partial charge in [-0.1, -0.05) is 5.11 Å². The fourth-order valence-corrected chi connectivity index (χ4v) is 4.32. The van der Waals surface area contributed by atoms with E-state index in [-0.39, 0.29) is 31.0 Å². The molecular formula is C20H25FN6O4. The van der Waals surface area contributed by atoms with Crippen LogP contribution in [-0.4, -0.2) is 56.1 Å². The molecular weight excluding hydrogens is 407 g/mol. The molecule has 10 nitrogen and oxygen atoms in total. The Morgan fingerprint density at radius 3 is 2.71 bits per heavy atom. The van der Waals surface area contributed by atoms with Crippen LogP contribution in [0.25, 0.3) is 10.4 Å². The number of benzene rings is 1. The van der Waals surface area contributed by atoms with E-state index >= 15 is 0 Å². The maximum absolute atomic E-state index is 14.9. The minimum Gasteiger partial charge on any atom is -0.447 e. The second-order valence-corrected chi connectivity index (χ2v) is 9.05. The van der Waals surface area contributed by atoms with Crippen LogP contribution in [0.1, 0.15) is 20.8 Å². The lowest BCUT2D eigenvalue weighted by Gasteiger charge is -2.25. The van der Waals surface area contributed by atoms with Crippen molar-refractivity contribution in [1.82, 2.24) is 5.32 Å². The second-order valence-electron chi connectivity index (χ2n) is 9.05. The molecule has 2 amide bonds. The molecule has 0 spiro atoms. The van der Waals surface area contributed by atoms with E-state index in [1.165, 1.54) is 11.0 Å². The quantitative estimate of drug-likeness (QED) is 0.434. The molecule has 2 heterocycles. The molecule has 1 unspecified atom stereocenters. The number of piperidine rings is 1. The predicted octanol–water partition coefficient (Wildman–Crippen LogP) is 3.42. The summed E-state index contributed by atoms with van der Waals surface area (Å²) in [6.07, 6.45) is -1.02. The van der Waals surface area contributed by atoms with Crippen molar-refractivity contribution in [3.8, 4) is 0 Å². The number of ether oxygens (including phenoxy) is 2. The second kappa shape index (κ2) is 7.81. The van der Waals surface area contributed by atoms with Gasteiger partial charge in [0.25, 0.3) is 0 Å². The third-order valence-electron chi connectivity index (χ3n) is 5.74. The van der Waals surface area contributed by atoms with Crippen LogP contribution in [0.3, 0.4) is 0 Å². The Morgan fingerprint density at radius 2 is 2.10 bits per heavy atom. The molecule has 4 atom stereocenters. The lowest BCUT2D eigenvalue weighted by molar-refractivity contribution is 0.0518. The number of hydrogen-bond acceptors (Lipinski definition) is 6. The first kappa shape index (κ1) is 21.0. The van der Waals surface area contributed by atoms with Crippen molar-refractivity contribution in [3.05, 3.63) is 34.5 Å². The SMILES string of the molecule is CC(C)(C)OC(=O)NC1[C@H]2CN(c3ccc(N4C(=O)OC[C@H]4CN=[N+]=[N-])cc3F)C[C@@H]12. The lowest BCUT2D eigenvalue weighted by Crippen LogP contribution is -2.38. The topological polar surface area (TPSA) is 120 Å². The molecule has 3 aliphatic rings. The van der Waals surface area contributed by atoms with E-state index in [0.717, 1.165) is 0 Å². The predicted molar refractivity (Wildman–Crippen MR) is 110 cm³/mol. The molecule has 31 heavy (non-hydrogen) atoms. The summed E-state index contributed by atoms with van der Waals surface area (Å²) >= 11 is 0. The van der Waals surface area contributed by atoms with Crippen LogP contribution in [0.2, 0.25) is 0 Å². The number of rotatable bonds is 5. The number of fused-ring (bicyclic) bond motifs is 1. The van der Waals surface area contributed by atoms with Crippen LogP contribution in [0.15, 0.2) is 23.3 Å². The Morgan fingerprint density at radius 1 is 1.39 bits per heavy atom. The summed E-state index contributed by atoms with van der Waals surface area (Å²) in [6, 6.07) is 4.18. The highest BCUT2D eigenvalue weighted by molar-refractivity contribution is 5.90. The molecule has 2 aliphatic heterocycles. The first-order valence-corrected chi connectivity index (χ1v) is 10.2. The molecule has 1 saturated carbocycles. The highest BCUT2D eigenvalue weighted by Crippen LogP contribution is 2.47. The largest absolute Gasteiger partial charge is 0.447 e. The molecule has 11 heteroatoms. The van der Waals surface area contributed by atoms with E-state index in [1.807, 2.05) is 25.7 Å². The summed E-state index contributed by atoms with van der Waals surface area (Å²) in [7, 11) is 0. The zero-order valence-electron chi connectivity index (χ0n) is 17.6. The number of nitrogens with zero attached hydrogens (tertiary/aromatic N) is 5. The van der Waals surface area contributed by atoms with Crippen molar-refractivity contribution in [2.45, 2.75) is 38.5 Å². The van der Waals surface area contributed by atoms with Crippen molar-refractivity contribution in [2.75, 3.05) is 36.0 Å². The summed E-state index contributed by atoms with van der Waals surface area (Å²) < 4.78 is 25.2. The maximum atomic E-state index is 14.9. The smallest absolute Gasteiger partial charge is 0.414 e. The fraction of sp³-hybridized carbons (Fsp3) is 0.600. The zero-order chi connectivity index (χ0) is 22.3. The van der Waals surface area contributed by atoms with Crippen molar-refractivity contribution in [1.29, 1.82) is 0 Å². The number of cyclic esters (lactones) is 1. The monoisotopic (exact) mass is 432 g/mol. The van der Waals surface area contributed by atoms with Gasteiger partial charge in [0, 0.05) is 35.9 Å². The fourth-order valence-electron chi connectivity index (χ4n) is 4.32. The van der Waals surface area contributed by atoms with Crippen molar-refractivity contribution in [2.24, 2.45) is 17.0 Å². The van der Waals surface area contributed by atoms with Gasteiger partial charge in [-0.05, 0) is 44.5 Å². The minimum absolute atomic E-state index is 0.0487. The molecule has 1 aromatic carbocycles. The number of alkyl carbamates (subject to hydrolysis) is 1. The molecule has 2 saturated heterocycles. The zero-order valence-corrected chi connectivity index (χ0v) is 17.6. The van der Waals surface area contributed by atoms with Crippen molar-refractivity contribution < 1.29 is 23.5 Å². The van der Waals surface area contributed by atoms with Crippen LogP contribution >= 0.6 is 0 Å². The highest BCUT2D eigenvalue weighted by atomic mass is 19.1. The molecule has 0 radical (unpaired) electrons.